The first-order valence-electron chi connectivity index (χ1n) is 9.93. The lowest BCUT2D eigenvalue weighted by Gasteiger charge is -2.30. The molecule has 0 radical (unpaired) electrons. The number of para-hydroxylation sites is 1. The maximum Gasteiger partial charge on any atom is 0.350 e. The topological polar surface area (TPSA) is 117 Å². The van der Waals surface area contributed by atoms with Gasteiger partial charge in [-0.1, -0.05) is 6.07 Å². The van der Waals surface area contributed by atoms with Gasteiger partial charge in [0, 0.05) is 6.04 Å². The van der Waals surface area contributed by atoms with Crippen LogP contribution in [0.25, 0.3) is 0 Å². The second kappa shape index (κ2) is 8.20. The fraction of sp³-hybridized carbons (Fsp3) is 0.500. The highest BCUT2D eigenvalue weighted by Gasteiger charge is 2.26. The normalized spacial score (nSPS) is 20.5. The lowest BCUT2D eigenvalue weighted by atomic mass is 9.86. The van der Waals surface area contributed by atoms with Crippen LogP contribution in [0.5, 0.6) is 17.2 Å². The van der Waals surface area contributed by atoms with E-state index in [9.17, 15) is 4.79 Å². The van der Waals surface area contributed by atoms with Crippen LogP contribution in [0.2, 0.25) is 0 Å². The van der Waals surface area contributed by atoms with Crippen LogP contribution in [0.1, 0.15) is 38.1 Å². The second-order valence-electron chi connectivity index (χ2n) is 7.40. The molecule has 0 saturated heterocycles. The zero-order valence-corrected chi connectivity index (χ0v) is 15.9. The number of hydrogen-bond acceptors (Lipinski definition) is 7. The average molecular weight is 385 g/mol. The van der Waals surface area contributed by atoms with E-state index in [1.54, 1.807) is 10.8 Å². The number of rotatable bonds is 6. The predicted octanol–water partition coefficient (Wildman–Crippen LogP) is 2.51. The SMILES string of the molecule is NCCCOc1cccc2c1Nc1nc(=O)n(C3CCC(CN)CC3)cc1O2. The molecule has 0 amide bonds. The van der Waals surface area contributed by atoms with Gasteiger partial charge in [0.1, 0.15) is 11.4 Å². The van der Waals surface area contributed by atoms with E-state index < -0.39 is 0 Å². The molecule has 2 aromatic rings. The minimum Gasteiger partial charge on any atom is -0.491 e. The van der Waals surface area contributed by atoms with Crippen LogP contribution in [0.15, 0.2) is 29.2 Å². The van der Waals surface area contributed by atoms with Crippen LogP contribution in [0.3, 0.4) is 0 Å². The zero-order valence-electron chi connectivity index (χ0n) is 15.9. The summed E-state index contributed by atoms with van der Waals surface area (Å²) in [7, 11) is 0. The maximum absolute atomic E-state index is 12.6. The summed E-state index contributed by atoms with van der Waals surface area (Å²) in [6, 6.07) is 5.74. The van der Waals surface area contributed by atoms with Crippen molar-refractivity contribution >= 4 is 11.5 Å². The highest BCUT2D eigenvalue weighted by atomic mass is 16.5. The molecule has 1 fully saturated rings. The Kier molecular flexibility index (Phi) is 5.50. The highest BCUT2D eigenvalue weighted by Crippen LogP contribution is 2.45. The first kappa shape index (κ1) is 18.8. The molecule has 1 aromatic heterocycles. The monoisotopic (exact) mass is 385 g/mol. The molecule has 0 bridgehead atoms. The van der Waals surface area contributed by atoms with Crippen molar-refractivity contribution in [1.29, 1.82) is 0 Å². The summed E-state index contributed by atoms with van der Waals surface area (Å²) in [5, 5.41) is 3.20. The van der Waals surface area contributed by atoms with Gasteiger partial charge in [-0.3, -0.25) is 4.57 Å². The van der Waals surface area contributed by atoms with Gasteiger partial charge in [-0.15, -0.1) is 0 Å². The van der Waals surface area contributed by atoms with Crippen molar-refractivity contribution in [2.24, 2.45) is 17.4 Å². The van der Waals surface area contributed by atoms with Crippen LogP contribution in [0.4, 0.5) is 11.5 Å². The summed E-state index contributed by atoms with van der Waals surface area (Å²) in [6.45, 7) is 1.79. The number of ether oxygens (including phenoxy) is 2. The summed E-state index contributed by atoms with van der Waals surface area (Å²) in [6.07, 6.45) is 6.48. The summed E-state index contributed by atoms with van der Waals surface area (Å²) < 4.78 is 13.5. The maximum atomic E-state index is 12.6. The number of nitrogens with zero attached hydrogens (tertiary/aromatic N) is 2. The lowest BCUT2D eigenvalue weighted by molar-refractivity contribution is 0.271. The molecule has 1 saturated carbocycles. The van der Waals surface area contributed by atoms with Crippen LogP contribution >= 0.6 is 0 Å². The van der Waals surface area contributed by atoms with E-state index in [4.69, 9.17) is 20.9 Å². The van der Waals surface area contributed by atoms with Crippen LogP contribution in [-0.2, 0) is 0 Å². The molecule has 28 heavy (non-hydrogen) atoms. The number of benzene rings is 1. The summed E-state index contributed by atoms with van der Waals surface area (Å²) in [5.74, 6) is 2.82. The number of hydrogen-bond donors (Lipinski definition) is 3. The van der Waals surface area contributed by atoms with E-state index in [2.05, 4.69) is 10.3 Å². The number of aromatic nitrogens is 2. The largest absolute Gasteiger partial charge is 0.491 e. The third kappa shape index (κ3) is 3.70. The van der Waals surface area contributed by atoms with Crippen molar-refractivity contribution in [2.75, 3.05) is 25.0 Å². The molecule has 2 aliphatic rings. The van der Waals surface area contributed by atoms with Crippen molar-refractivity contribution in [3.05, 3.63) is 34.9 Å². The molecular weight excluding hydrogens is 358 g/mol. The zero-order chi connectivity index (χ0) is 19.5. The Morgan fingerprint density at radius 2 is 2.04 bits per heavy atom. The van der Waals surface area contributed by atoms with Gasteiger partial charge in [0.25, 0.3) is 0 Å². The quantitative estimate of drug-likeness (QED) is 0.558. The first-order valence-corrected chi connectivity index (χ1v) is 9.93. The van der Waals surface area contributed by atoms with E-state index in [1.807, 2.05) is 18.2 Å². The number of fused-ring (bicyclic) bond motifs is 2. The van der Waals surface area contributed by atoms with Gasteiger partial charge < -0.3 is 26.3 Å². The fourth-order valence-corrected chi connectivity index (χ4v) is 3.88. The van der Waals surface area contributed by atoms with E-state index in [-0.39, 0.29) is 11.7 Å². The minimum absolute atomic E-state index is 0.143. The Balaban J connectivity index is 1.57. The summed E-state index contributed by atoms with van der Waals surface area (Å²) in [5.41, 5.74) is 11.7. The second-order valence-corrected chi connectivity index (χ2v) is 7.40. The summed E-state index contributed by atoms with van der Waals surface area (Å²) >= 11 is 0. The smallest absolute Gasteiger partial charge is 0.350 e. The van der Waals surface area contributed by atoms with Crippen molar-refractivity contribution < 1.29 is 9.47 Å². The van der Waals surface area contributed by atoms with Crippen LogP contribution in [0, 0.1) is 5.92 Å². The average Bonchev–Trinajstić information content (AvgIpc) is 2.72. The van der Waals surface area contributed by atoms with Gasteiger partial charge in [0.2, 0.25) is 0 Å². The fourth-order valence-electron chi connectivity index (χ4n) is 3.88. The predicted molar refractivity (Wildman–Crippen MR) is 108 cm³/mol. The molecule has 8 heteroatoms. The minimum atomic E-state index is -0.268. The van der Waals surface area contributed by atoms with E-state index in [1.165, 1.54) is 0 Å². The Morgan fingerprint density at radius 3 is 2.79 bits per heavy atom. The van der Waals surface area contributed by atoms with Gasteiger partial charge in [0.15, 0.2) is 17.3 Å². The Bertz CT molecular complexity index is 890. The van der Waals surface area contributed by atoms with Crippen LogP contribution in [-0.4, -0.2) is 29.2 Å². The number of anilines is 2. The van der Waals surface area contributed by atoms with Crippen LogP contribution < -0.4 is 31.9 Å². The molecule has 0 unspecified atom stereocenters. The molecule has 2 heterocycles. The van der Waals surface area contributed by atoms with E-state index >= 15 is 0 Å². The van der Waals surface area contributed by atoms with Crippen molar-refractivity contribution in [1.82, 2.24) is 9.55 Å². The third-order valence-corrected chi connectivity index (χ3v) is 5.52. The Labute approximate surface area is 163 Å². The molecule has 4 rings (SSSR count). The van der Waals surface area contributed by atoms with Crippen molar-refractivity contribution in [2.45, 2.75) is 38.1 Å². The van der Waals surface area contributed by atoms with E-state index in [0.29, 0.717) is 54.4 Å². The standard InChI is InChI=1S/C20H27N5O3/c21-9-2-10-27-15-3-1-4-16-18(15)23-19-17(28-16)12-25(20(26)24-19)14-7-5-13(11-22)6-8-14/h1,3-4,12-14H,2,5-11,21-22H2,(H,23,24,26). The highest BCUT2D eigenvalue weighted by molar-refractivity contribution is 5.77. The van der Waals surface area contributed by atoms with Gasteiger partial charge >= 0.3 is 5.69 Å². The molecular formula is C20H27N5O3. The molecule has 1 aliphatic heterocycles. The number of nitrogens with two attached hydrogens (primary N) is 2. The van der Waals surface area contributed by atoms with Gasteiger partial charge in [-0.05, 0) is 63.2 Å². The van der Waals surface area contributed by atoms with E-state index in [0.717, 1.165) is 32.1 Å². The first-order chi connectivity index (χ1) is 13.7. The molecule has 8 nitrogen and oxygen atoms in total. The van der Waals surface area contributed by atoms with Gasteiger partial charge in [-0.2, -0.15) is 4.98 Å². The molecule has 0 atom stereocenters. The molecule has 0 spiro atoms. The Morgan fingerprint density at radius 1 is 1.21 bits per heavy atom. The van der Waals surface area contributed by atoms with Gasteiger partial charge in [-0.25, -0.2) is 4.79 Å². The molecule has 150 valence electrons. The lowest BCUT2D eigenvalue weighted by Crippen LogP contribution is -2.31. The Hall–Kier alpha value is -2.58. The molecule has 1 aliphatic carbocycles. The van der Waals surface area contributed by atoms with Crippen molar-refractivity contribution in [3.8, 4) is 17.2 Å². The molecule has 5 N–H and O–H groups in total. The van der Waals surface area contributed by atoms with Crippen molar-refractivity contribution in [3.63, 3.8) is 0 Å². The summed E-state index contributed by atoms with van der Waals surface area (Å²) in [4.78, 5) is 16.9. The molecule has 1 aromatic carbocycles. The number of nitrogens with one attached hydrogen (secondary N) is 1. The third-order valence-electron chi connectivity index (χ3n) is 5.52. The van der Waals surface area contributed by atoms with Gasteiger partial charge in [0.05, 0.1) is 12.8 Å².